The van der Waals surface area contributed by atoms with Crippen LogP contribution in [-0.2, 0) is 0 Å². The Morgan fingerprint density at radius 2 is 1.89 bits per heavy atom. The number of aromatic nitrogens is 1. The van der Waals surface area contributed by atoms with Crippen LogP contribution in [0.5, 0.6) is 0 Å². The number of hydrogen-bond acceptors (Lipinski definition) is 4. The Hall–Kier alpha value is -1.76. The standard InChI is InChI=1S/C14H18N4/c15-7-12-5-6-17-14(13(12)16)18(8-10-1-2-10)9-11-3-4-11/h5-6,10-11H,1-4,8-9,16H2. The van der Waals surface area contributed by atoms with Crippen molar-refractivity contribution in [2.45, 2.75) is 25.7 Å². The third-order valence-corrected chi connectivity index (χ3v) is 3.74. The summed E-state index contributed by atoms with van der Waals surface area (Å²) in [5, 5.41) is 9.04. The van der Waals surface area contributed by atoms with E-state index in [4.69, 9.17) is 11.0 Å². The molecule has 0 spiro atoms. The molecule has 0 saturated heterocycles. The van der Waals surface area contributed by atoms with Crippen molar-refractivity contribution in [1.82, 2.24) is 4.98 Å². The Bertz CT molecular complexity index is 469. The lowest BCUT2D eigenvalue weighted by Crippen LogP contribution is -2.29. The van der Waals surface area contributed by atoms with Crippen LogP contribution in [0.2, 0.25) is 0 Å². The number of nitrogen functional groups attached to an aromatic ring is 1. The van der Waals surface area contributed by atoms with Crippen LogP contribution in [-0.4, -0.2) is 18.1 Å². The van der Waals surface area contributed by atoms with Gasteiger partial charge in [0, 0.05) is 19.3 Å². The zero-order valence-electron chi connectivity index (χ0n) is 10.5. The summed E-state index contributed by atoms with van der Waals surface area (Å²) >= 11 is 0. The van der Waals surface area contributed by atoms with E-state index in [-0.39, 0.29) is 0 Å². The summed E-state index contributed by atoms with van der Waals surface area (Å²) < 4.78 is 0. The number of anilines is 2. The molecular weight excluding hydrogens is 224 g/mol. The van der Waals surface area contributed by atoms with E-state index in [1.807, 2.05) is 0 Å². The summed E-state index contributed by atoms with van der Waals surface area (Å²) in [6, 6.07) is 3.82. The molecule has 0 aromatic carbocycles. The Morgan fingerprint density at radius 3 is 2.39 bits per heavy atom. The van der Waals surface area contributed by atoms with Crippen molar-refractivity contribution in [3.8, 4) is 6.07 Å². The molecule has 4 nitrogen and oxygen atoms in total. The topological polar surface area (TPSA) is 65.9 Å². The minimum Gasteiger partial charge on any atom is -0.395 e. The van der Waals surface area contributed by atoms with Crippen LogP contribution >= 0.6 is 0 Å². The Morgan fingerprint density at radius 1 is 1.28 bits per heavy atom. The summed E-state index contributed by atoms with van der Waals surface area (Å²) in [4.78, 5) is 6.70. The van der Waals surface area contributed by atoms with E-state index in [1.54, 1.807) is 12.3 Å². The first-order valence-corrected chi connectivity index (χ1v) is 6.67. The van der Waals surface area contributed by atoms with Gasteiger partial charge in [-0.2, -0.15) is 5.26 Å². The highest BCUT2D eigenvalue weighted by Gasteiger charge is 2.30. The van der Waals surface area contributed by atoms with Gasteiger partial charge in [-0.05, 0) is 43.6 Å². The van der Waals surface area contributed by atoms with Crippen molar-refractivity contribution in [1.29, 1.82) is 5.26 Å². The van der Waals surface area contributed by atoms with Gasteiger partial charge in [0.1, 0.15) is 6.07 Å². The van der Waals surface area contributed by atoms with Crippen molar-refractivity contribution in [2.24, 2.45) is 11.8 Å². The summed E-state index contributed by atoms with van der Waals surface area (Å²) in [7, 11) is 0. The molecule has 1 aromatic heterocycles. The van der Waals surface area contributed by atoms with Crippen LogP contribution < -0.4 is 10.6 Å². The van der Waals surface area contributed by atoms with E-state index in [1.165, 1.54) is 25.7 Å². The van der Waals surface area contributed by atoms with E-state index >= 15 is 0 Å². The first-order chi connectivity index (χ1) is 8.78. The quantitative estimate of drug-likeness (QED) is 0.859. The highest BCUT2D eigenvalue weighted by atomic mass is 15.2. The van der Waals surface area contributed by atoms with Gasteiger partial charge in [0.15, 0.2) is 5.82 Å². The van der Waals surface area contributed by atoms with Gasteiger partial charge in [-0.3, -0.25) is 0 Å². The number of nitriles is 1. The molecule has 3 rings (SSSR count). The van der Waals surface area contributed by atoms with E-state index in [2.05, 4.69) is 16.0 Å². The van der Waals surface area contributed by atoms with Crippen LogP contribution in [0.25, 0.3) is 0 Å². The average molecular weight is 242 g/mol. The molecule has 0 amide bonds. The van der Waals surface area contributed by atoms with Crippen LogP contribution in [0.1, 0.15) is 31.2 Å². The zero-order chi connectivity index (χ0) is 12.5. The highest BCUT2D eigenvalue weighted by molar-refractivity contribution is 5.70. The van der Waals surface area contributed by atoms with Crippen molar-refractivity contribution < 1.29 is 0 Å². The molecule has 18 heavy (non-hydrogen) atoms. The van der Waals surface area contributed by atoms with E-state index < -0.39 is 0 Å². The number of nitrogens with zero attached hydrogens (tertiary/aromatic N) is 3. The van der Waals surface area contributed by atoms with Gasteiger partial charge < -0.3 is 10.6 Å². The number of nitrogens with two attached hydrogens (primary N) is 1. The van der Waals surface area contributed by atoms with Crippen molar-refractivity contribution in [2.75, 3.05) is 23.7 Å². The molecule has 2 aliphatic carbocycles. The van der Waals surface area contributed by atoms with Gasteiger partial charge in [0.05, 0.1) is 11.3 Å². The maximum atomic E-state index is 9.04. The molecule has 0 unspecified atom stereocenters. The van der Waals surface area contributed by atoms with Crippen molar-refractivity contribution >= 4 is 11.5 Å². The molecule has 1 heterocycles. The molecule has 2 fully saturated rings. The van der Waals surface area contributed by atoms with Gasteiger partial charge in [-0.15, -0.1) is 0 Å². The average Bonchev–Trinajstić information content (AvgIpc) is 3.24. The monoisotopic (exact) mass is 242 g/mol. The first kappa shape index (κ1) is 11.3. The molecule has 2 saturated carbocycles. The Labute approximate surface area is 107 Å². The molecule has 1 aromatic rings. The predicted molar refractivity (Wildman–Crippen MR) is 71.0 cm³/mol. The van der Waals surface area contributed by atoms with E-state index in [0.717, 1.165) is 30.7 Å². The Balaban J connectivity index is 1.85. The summed E-state index contributed by atoms with van der Waals surface area (Å²) in [6.45, 7) is 2.09. The molecule has 0 radical (unpaired) electrons. The predicted octanol–water partition coefficient (Wildman–Crippen LogP) is 2.16. The lowest BCUT2D eigenvalue weighted by molar-refractivity contribution is 0.672. The van der Waals surface area contributed by atoms with Crippen molar-refractivity contribution in [3.05, 3.63) is 17.8 Å². The lowest BCUT2D eigenvalue weighted by atomic mass is 10.2. The smallest absolute Gasteiger partial charge is 0.153 e. The molecule has 2 aliphatic rings. The first-order valence-electron chi connectivity index (χ1n) is 6.67. The maximum Gasteiger partial charge on any atom is 0.153 e. The summed E-state index contributed by atoms with van der Waals surface area (Å²) in [5.74, 6) is 2.42. The van der Waals surface area contributed by atoms with Crippen LogP contribution in [0.3, 0.4) is 0 Å². The van der Waals surface area contributed by atoms with Crippen LogP contribution in [0, 0.1) is 23.2 Å². The minimum atomic E-state index is 0.539. The SMILES string of the molecule is N#Cc1ccnc(N(CC2CC2)CC2CC2)c1N. The molecule has 4 heteroatoms. The zero-order valence-corrected chi connectivity index (χ0v) is 10.5. The molecule has 0 bridgehead atoms. The molecule has 0 atom stereocenters. The fraction of sp³-hybridized carbons (Fsp3) is 0.571. The fourth-order valence-corrected chi connectivity index (χ4v) is 2.28. The molecular formula is C14H18N4. The molecule has 0 aliphatic heterocycles. The highest BCUT2D eigenvalue weighted by Crippen LogP contribution is 2.36. The molecule has 94 valence electrons. The normalized spacial score (nSPS) is 18.4. The summed E-state index contributed by atoms with van der Waals surface area (Å²) in [6.07, 6.45) is 6.97. The number of pyridine rings is 1. The van der Waals surface area contributed by atoms with Gasteiger partial charge in [-0.1, -0.05) is 0 Å². The molecule has 2 N–H and O–H groups in total. The number of hydrogen-bond donors (Lipinski definition) is 1. The maximum absolute atomic E-state index is 9.04. The minimum absolute atomic E-state index is 0.539. The third-order valence-electron chi connectivity index (χ3n) is 3.74. The largest absolute Gasteiger partial charge is 0.395 e. The van der Waals surface area contributed by atoms with Gasteiger partial charge in [-0.25, -0.2) is 4.98 Å². The van der Waals surface area contributed by atoms with E-state index in [0.29, 0.717) is 11.3 Å². The Kier molecular flexibility index (Phi) is 2.83. The van der Waals surface area contributed by atoms with Gasteiger partial charge in [0.25, 0.3) is 0 Å². The van der Waals surface area contributed by atoms with Gasteiger partial charge >= 0.3 is 0 Å². The number of rotatable bonds is 5. The third kappa shape index (κ3) is 2.40. The lowest BCUT2D eigenvalue weighted by Gasteiger charge is -2.25. The fourth-order valence-electron chi connectivity index (χ4n) is 2.28. The van der Waals surface area contributed by atoms with Crippen LogP contribution in [0.4, 0.5) is 11.5 Å². The van der Waals surface area contributed by atoms with Gasteiger partial charge in [0.2, 0.25) is 0 Å². The second-order valence-electron chi connectivity index (χ2n) is 5.50. The van der Waals surface area contributed by atoms with E-state index in [9.17, 15) is 0 Å². The van der Waals surface area contributed by atoms with Crippen molar-refractivity contribution in [3.63, 3.8) is 0 Å². The second kappa shape index (κ2) is 4.49. The van der Waals surface area contributed by atoms with Crippen LogP contribution in [0.15, 0.2) is 12.3 Å². The summed E-state index contributed by atoms with van der Waals surface area (Å²) in [5.41, 5.74) is 7.14. The second-order valence-corrected chi connectivity index (χ2v) is 5.50.